The van der Waals surface area contributed by atoms with E-state index in [1.54, 1.807) is 0 Å². The number of carbonyl (C=O) groups is 2. The number of hydrogen-bond acceptors (Lipinski definition) is 6. The van der Waals surface area contributed by atoms with E-state index in [4.69, 9.17) is 4.74 Å². The van der Waals surface area contributed by atoms with Gasteiger partial charge in [0.1, 0.15) is 12.9 Å². The van der Waals surface area contributed by atoms with Gasteiger partial charge in [-0.25, -0.2) is 4.68 Å². The molecular formula is C9H13N5O3. The van der Waals surface area contributed by atoms with Crippen LogP contribution < -0.4 is 5.32 Å². The topological polar surface area (TPSA) is 99.0 Å². The van der Waals surface area contributed by atoms with Crippen molar-refractivity contribution in [3.8, 4) is 0 Å². The zero-order chi connectivity index (χ0) is 12.7. The number of nitrogens with zero attached hydrogens (tertiary/aromatic N) is 4. The van der Waals surface area contributed by atoms with E-state index in [1.807, 2.05) is 0 Å². The van der Waals surface area contributed by atoms with Gasteiger partial charge in [0.15, 0.2) is 6.10 Å². The Kier molecular flexibility index (Phi) is 4.79. The van der Waals surface area contributed by atoms with Crippen molar-refractivity contribution in [1.82, 2.24) is 25.5 Å². The molecule has 1 heterocycles. The zero-order valence-corrected chi connectivity index (χ0v) is 9.37. The van der Waals surface area contributed by atoms with E-state index < -0.39 is 12.1 Å². The van der Waals surface area contributed by atoms with Gasteiger partial charge in [-0.05, 0) is 17.4 Å². The molecule has 0 fully saturated rings. The highest BCUT2D eigenvalue weighted by Gasteiger charge is 2.17. The van der Waals surface area contributed by atoms with E-state index >= 15 is 0 Å². The number of nitrogens with one attached hydrogen (secondary N) is 1. The summed E-state index contributed by atoms with van der Waals surface area (Å²) in [5.41, 5.74) is 0. The highest BCUT2D eigenvalue weighted by molar-refractivity contribution is 5.83. The molecule has 8 heteroatoms. The number of aromatic nitrogens is 4. The second-order valence-corrected chi connectivity index (χ2v) is 3.17. The van der Waals surface area contributed by atoms with Gasteiger partial charge in [0.05, 0.1) is 0 Å². The van der Waals surface area contributed by atoms with Crippen LogP contribution in [0.3, 0.4) is 0 Å². The molecule has 8 nitrogen and oxygen atoms in total. The Labute approximate surface area is 97.6 Å². The Morgan fingerprint density at radius 1 is 1.65 bits per heavy atom. The number of ether oxygens (including phenoxy) is 1. The van der Waals surface area contributed by atoms with Crippen LogP contribution in [0, 0.1) is 0 Å². The number of amides is 1. The predicted molar refractivity (Wildman–Crippen MR) is 56.6 cm³/mol. The van der Waals surface area contributed by atoms with E-state index in [0.29, 0.717) is 6.54 Å². The summed E-state index contributed by atoms with van der Waals surface area (Å²) in [5, 5.41) is 12.7. The summed E-state index contributed by atoms with van der Waals surface area (Å²) in [5.74, 6) is -0.964. The van der Waals surface area contributed by atoms with Crippen molar-refractivity contribution < 1.29 is 14.3 Å². The van der Waals surface area contributed by atoms with Crippen LogP contribution in [-0.4, -0.2) is 44.7 Å². The van der Waals surface area contributed by atoms with E-state index in [0.717, 1.165) is 0 Å². The summed E-state index contributed by atoms with van der Waals surface area (Å²) in [6.45, 7) is 5.13. The third kappa shape index (κ3) is 4.41. The largest absolute Gasteiger partial charge is 0.451 e. The molecule has 0 aliphatic heterocycles. The summed E-state index contributed by atoms with van der Waals surface area (Å²) in [4.78, 5) is 22.7. The van der Waals surface area contributed by atoms with Crippen LogP contribution in [0.2, 0.25) is 0 Å². The third-order valence-electron chi connectivity index (χ3n) is 1.78. The first-order chi connectivity index (χ1) is 8.13. The van der Waals surface area contributed by atoms with E-state index in [1.165, 1.54) is 24.0 Å². The second-order valence-electron chi connectivity index (χ2n) is 3.17. The summed E-state index contributed by atoms with van der Waals surface area (Å²) in [6, 6.07) is 0. The van der Waals surface area contributed by atoms with Gasteiger partial charge in [-0.1, -0.05) is 6.08 Å². The maximum Gasteiger partial charge on any atom is 0.328 e. The van der Waals surface area contributed by atoms with E-state index in [-0.39, 0.29) is 12.5 Å². The highest BCUT2D eigenvalue weighted by Crippen LogP contribution is 1.94. The van der Waals surface area contributed by atoms with Crippen molar-refractivity contribution in [2.24, 2.45) is 0 Å². The van der Waals surface area contributed by atoms with Gasteiger partial charge in [-0.3, -0.25) is 9.59 Å². The lowest BCUT2D eigenvalue weighted by Gasteiger charge is -2.12. The minimum absolute atomic E-state index is 0.133. The molecule has 1 rings (SSSR count). The first kappa shape index (κ1) is 12.8. The molecule has 92 valence electrons. The molecule has 1 aromatic rings. The van der Waals surface area contributed by atoms with Crippen LogP contribution in [0.1, 0.15) is 6.92 Å². The second kappa shape index (κ2) is 6.36. The molecule has 0 aliphatic carbocycles. The monoisotopic (exact) mass is 239 g/mol. The first-order valence-electron chi connectivity index (χ1n) is 4.92. The van der Waals surface area contributed by atoms with Crippen molar-refractivity contribution in [3.05, 3.63) is 19.0 Å². The van der Waals surface area contributed by atoms with Gasteiger partial charge in [0, 0.05) is 6.54 Å². The Morgan fingerprint density at radius 2 is 2.41 bits per heavy atom. The highest BCUT2D eigenvalue weighted by atomic mass is 16.5. The number of hydrogen-bond donors (Lipinski definition) is 1. The first-order valence-corrected chi connectivity index (χ1v) is 4.92. The molecule has 1 atom stereocenters. The average Bonchev–Trinajstić information content (AvgIpc) is 2.78. The van der Waals surface area contributed by atoms with Crippen molar-refractivity contribution in [1.29, 1.82) is 0 Å². The Morgan fingerprint density at radius 3 is 3.00 bits per heavy atom. The van der Waals surface area contributed by atoms with Crippen molar-refractivity contribution in [2.75, 3.05) is 6.54 Å². The fraction of sp³-hybridized carbons (Fsp3) is 0.444. The van der Waals surface area contributed by atoms with Crippen LogP contribution in [0.15, 0.2) is 19.0 Å². The summed E-state index contributed by atoms with van der Waals surface area (Å²) in [6.07, 6.45) is 1.95. The fourth-order valence-electron chi connectivity index (χ4n) is 0.989. The van der Waals surface area contributed by atoms with Crippen LogP contribution in [-0.2, 0) is 20.9 Å². The van der Waals surface area contributed by atoms with Crippen molar-refractivity contribution in [2.45, 2.75) is 19.6 Å². The van der Waals surface area contributed by atoms with Gasteiger partial charge in [0.25, 0.3) is 5.91 Å². The van der Waals surface area contributed by atoms with Crippen LogP contribution in [0.5, 0.6) is 0 Å². The fourth-order valence-corrected chi connectivity index (χ4v) is 0.989. The SMILES string of the molecule is C=CCNC(=O)[C@@H](C)OC(=O)Cn1cnnn1. The molecule has 0 spiro atoms. The Bertz CT molecular complexity index is 389. The maximum absolute atomic E-state index is 11.4. The molecule has 0 aromatic carbocycles. The lowest BCUT2D eigenvalue weighted by atomic mass is 10.3. The number of rotatable bonds is 6. The lowest BCUT2D eigenvalue weighted by Crippen LogP contribution is -2.36. The molecule has 0 unspecified atom stereocenters. The normalized spacial score (nSPS) is 11.6. The zero-order valence-electron chi connectivity index (χ0n) is 9.37. The van der Waals surface area contributed by atoms with Gasteiger partial charge < -0.3 is 10.1 Å². The quantitative estimate of drug-likeness (QED) is 0.500. The maximum atomic E-state index is 11.4. The molecule has 0 aliphatic rings. The lowest BCUT2D eigenvalue weighted by molar-refractivity contribution is -0.155. The summed E-state index contributed by atoms with van der Waals surface area (Å²) in [7, 11) is 0. The Hall–Kier alpha value is -2.25. The number of carbonyl (C=O) groups excluding carboxylic acids is 2. The summed E-state index contributed by atoms with van der Waals surface area (Å²) < 4.78 is 6.09. The molecule has 1 aromatic heterocycles. The van der Waals surface area contributed by atoms with Crippen LogP contribution >= 0.6 is 0 Å². The molecular weight excluding hydrogens is 226 g/mol. The number of tetrazole rings is 1. The van der Waals surface area contributed by atoms with Crippen LogP contribution in [0.4, 0.5) is 0 Å². The molecule has 1 amide bonds. The standard InChI is InChI=1S/C9H13N5O3/c1-3-4-10-9(16)7(2)17-8(15)5-14-6-11-12-13-14/h3,6-7H,1,4-5H2,2H3,(H,10,16)/t7-/m1/s1. The van der Waals surface area contributed by atoms with Gasteiger partial charge in [-0.15, -0.1) is 11.7 Å². The van der Waals surface area contributed by atoms with Crippen molar-refractivity contribution >= 4 is 11.9 Å². The number of esters is 1. The molecule has 0 bridgehead atoms. The van der Waals surface area contributed by atoms with Gasteiger partial charge in [0.2, 0.25) is 0 Å². The van der Waals surface area contributed by atoms with E-state index in [9.17, 15) is 9.59 Å². The Balaban J connectivity index is 2.35. The third-order valence-corrected chi connectivity index (χ3v) is 1.78. The predicted octanol–water partition coefficient (Wildman–Crippen LogP) is -1.09. The van der Waals surface area contributed by atoms with Gasteiger partial charge >= 0.3 is 5.97 Å². The van der Waals surface area contributed by atoms with E-state index in [2.05, 4.69) is 27.4 Å². The average molecular weight is 239 g/mol. The minimum atomic E-state index is -0.862. The molecule has 17 heavy (non-hydrogen) atoms. The molecule has 0 radical (unpaired) electrons. The minimum Gasteiger partial charge on any atom is -0.451 e. The molecule has 0 saturated heterocycles. The smallest absolute Gasteiger partial charge is 0.328 e. The van der Waals surface area contributed by atoms with Crippen molar-refractivity contribution in [3.63, 3.8) is 0 Å². The van der Waals surface area contributed by atoms with Gasteiger partial charge in [-0.2, -0.15) is 0 Å². The summed E-state index contributed by atoms with van der Waals surface area (Å²) >= 11 is 0. The molecule has 0 saturated carbocycles. The molecule has 1 N–H and O–H groups in total. The van der Waals surface area contributed by atoms with Crippen LogP contribution in [0.25, 0.3) is 0 Å².